The summed E-state index contributed by atoms with van der Waals surface area (Å²) in [5.41, 5.74) is 0. The van der Waals surface area contributed by atoms with E-state index >= 15 is 0 Å². The predicted molar refractivity (Wildman–Crippen MR) is 44.5 cm³/mol. The molecule has 0 aromatic carbocycles. The summed E-state index contributed by atoms with van der Waals surface area (Å²) in [7, 11) is 2.19. The molecule has 2 saturated heterocycles. The molecule has 2 fully saturated rings. The van der Waals surface area contributed by atoms with Gasteiger partial charge in [-0.1, -0.05) is 13.3 Å². The van der Waals surface area contributed by atoms with E-state index in [0.717, 1.165) is 25.0 Å². The number of likely N-dealkylation sites (tertiary alicyclic amines) is 1. The van der Waals surface area contributed by atoms with Gasteiger partial charge >= 0.3 is 0 Å². The molecule has 11 heavy (non-hydrogen) atoms. The molecule has 0 spiro atoms. The molecule has 2 heterocycles. The minimum atomic E-state index is 0.560. The number of hydrogen-bond donors (Lipinski definition) is 0. The Bertz CT molecular complexity index is 146. The summed E-state index contributed by atoms with van der Waals surface area (Å²) in [5.74, 6) is 1.68. The molecule has 2 nitrogen and oxygen atoms in total. The molecule has 3 atom stereocenters. The number of likely N-dealkylation sites (N-methyl/N-ethyl adjacent to an activating group) is 1. The fourth-order valence-electron chi connectivity index (χ4n) is 2.41. The van der Waals surface area contributed by atoms with Crippen LogP contribution < -0.4 is 0 Å². The summed E-state index contributed by atoms with van der Waals surface area (Å²) >= 11 is 0. The summed E-state index contributed by atoms with van der Waals surface area (Å²) < 4.78 is 5.71. The van der Waals surface area contributed by atoms with Crippen LogP contribution in [-0.4, -0.2) is 37.7 Å². The molecule has 0 radical (unpaired) electrons. The van der Waals surface area contributed by atoms with Gasteiger partial charge in [-0.05, 0) is 13.0 Å². The third kappa shape index (κ3) is 1.18. The van der Waals surface area contributed by atoms with E-state index in [1.807, 2.05) is 0 Å². The molecule has 64 valence electrons. The van der Waals surface area contributed by atoms with Crippen molar-refractivity contribution in [3.8, 4) is 0 Å². The number of hydrogen-bond acceptors (Lipinski definition) is 2. The minimum Gasteiger partial charge on any atom is -0.376 e. The van der Waals surface area contributed by atoms with Crippen LogP contribution in [0.2, 0.25) is 0 Å². The quantitative estimate of drug-likeness (QED) is 0.559. The van der Waals surface area contributed by atoms with E-state index in [1.54, 1.807) is 0 Å². The molecular weight excluding hydrogens is 138 g/mol. The van der Waals surface area contributed by atoms with E-state index < -0.39 is 0 Å². The van der Waals surface area contributed by atoms with Crippen molar-refractivity contribution in [2.24, 2.45) is 11.8 Å². The van der Waals surface area contributed by atoms with Crippen molar-refractivity contribution in [2.45, 2.75) is 19.4 Å². The predicted octanol–water partition coefficient (Wildman–Crippen LogP) is 0.973. The van der Waals surface area contributed by atoms with Crippen LogP contribution in [0.25, 0.3) is 0 Å². The molecule has 0 aliphatic carbocycles. The van der Waals surface area contributed by atoms with Gasteiger partial charge in [-0.3, -0.25) is 0 Å². The zero-order chi connectivity index (χ0) is 7.84. The van der Waals surface area contributed by atoms with Crippen LogP contribution in [0.4, 0.5) is 0 Å². The van der Waals surface area contributed by atoms with Crippen molar-refractivity contribution >= 4 is 0 Å². The average Bonchev–Trinajstić information content (AvgIpc) is 2.45. The van der Waals surface area contributed by atoms with Crippen molar-refractivity contribution < 1.29 is 4.74 Å². The second kappa shape index (κ2) is 2.76. The topological polar surface area (TPSA) is 12.5 Å². The molecule has 2 aliphatic heterocycles. The zero-order valence-electron chi connectivity index (χ0n) is 7.42. The van der Waals surface area contributed by atoms with E-state index in [2.05, 4.69) is 18.9 Å². The molecular formula is C9H17NO. The Balaban J connectivity index is 2.01. The van der Waals surface area contributed by atoms with Crippen LogP contribution in [0.3, 0.4) is 0 Å². The fraction of sp³-hybridized carbons (Fsp3) is 1.00. The first-order valence-corrected chi connectivity index (χ1v) is 4.61. The van der Waals surface area contributed by atoms with Crippen molar-refractivity contribution in [2.75, 3.05) is 26.7 Å². The van der Waals surface area contributed by atoms with Gasteiger partial charge in [0.05, 0.1) is 12.7 Å². The van der Waals surface area contributed by atoms with Gasteiger partial charge in [0.15, 0.2) is 0 Å². The van der Waals surface area contributed by atoms with Crippen molar-refractivity contribution in [3.63, 3.8) is 0 Å². The van der Waals surface area contributed by atoms with E-state index in [0.29, 0.717) is 6.10 Å². The van der Waals surface area contributed by atoms with Gasteiger partial charge in [0.1, 0.15) is 0 Å². The third-order valence-corrected chi connectivity index (χ3v) is 3.15. The van der Waals surface area contributed by atoms with Crippen LogP contribution in [0, 0.1) is 11.8 Å². The van der Waals surface area contributed by atoms with Gasteiger partial charge in [-0.25, -0.2) is 0 Å². The summed E-state index contributed by atoms with van der Waals surface area (Å²) in [4.78, 5) is 2.39. The lowest BCUT2D eigenvalue weighted by molar-refractivity contribution is 0.0984. The highest BCUT2D eigenvalue weighted by atomic mass is 16.5. The van der Waals surface area contributed by atoms with Gasteiger partial charge in [0.25, 0.3) is 0 Å². The SMILES string of the molecule is CCC1COC2CN(C)CC12. The maximum atomic E-state index is 5.71. The first-order valence-electron chi connectivity index (χ1n) is 4.61. The van der Waals surface area contributed by atoms with E-state index in [9.17, 15) is 0 Å². The van der Waals surface area contributed by atoms with E-state index in [-0.39, 0.29) is 0 Å². The maximum absolute atomic E-state index is 5.71. The Morgan fingerprint density at radius 3 is 3.00 bits per heavy atom. The maximum Gasteiger partial charge on any atom is 0.0745 e. The number of ether oxygens (including phenoxy) is 1. The Morgan fingerprint density at radius 2 is 2.27 bits per heavy atom. The molecule has 2 rings (SSSR count). The average molecular weight is 155 g/mol. The third-order valence-electron chi connectivity index (χ3n) is 3.15. The lowest BCUT2D eigenvalue weighted by atomic mass is 9.91. The normalized spacial score (nSPS) is 44.7. The molecule has 0 aromatic heterocycles. The van der Waals surface area contributed by atoms with Crippen LogP contribution in [0.5, 0.6) is 0 Å². The number of fused-ring (bicyclic) bond motifs is 1. The molecule has 0 bridgehead atoms. The largest absolute Gasteiger partial charge is 0.376 e. The van der Waals surface area contributed by atoms with Gasteiger partial charge in [-0.15, -0.1) is 0 Å². The fourth-order valence-corrected chi connectivity index (χ4v) is 2.41. The summed E-state index contributed by atoms with van der Waals surface area (Å²) in [6, 6.07) is 0. The highest BCUT2D eigenvalue weighted by molar-refractivity contribution is 4.91. The lowest BCUT2D eigenvalue weighted by Crippen LogP contribution is -2.19. The molecule has 0 saturated carbocycles. The second-order valence-corrected chi connectivity index (χ2v) is 3.93. The molecule has 3 unspecified atom stereocenters. The van der Waals surface area contributed by atoms with Gasteiger partial charge in [0.2, 0.25) is 0 Å². The molecule has 0 N–H and O–H groups in total. The zero-order valence-corrected chi connectivity index (χ0v) is 7.42. The summed E-state index contributed by atoms with van der Waals surface area (Å²) in [5, 5.41) is 0. The Kier molecular flexibility index (Phi) is 1.90. The first kappa shape index (κ1) is 7.56. The standard InChI is InChI=1S/C9H17NO/c1-3-7-6-11-9-5-10(2)4-8(7)9/h7-9H,3-6H2,1-2H3. The Morgan fingerprint density at radius 1 is 1.45 bits per heavy atom. The minimum absolute atomic E-state index is 0.560. The summed E-state index contributed by atoms with van der Waals surface area (Å²) in [6.45, 7) is 5.69. The molecule has 0 aromatic rings. The monoisotopic (exact) mass is 155 g/mol. The Labute approximate surface area is 68.5 Å². The van der Waals surface area contributed by atoms with Crippen molar-refractivity contribution in [3.05, 3.63) is 0 Å². The molecule has 2 aliphatic rings. The highest BCUT2D eigenvalue weighted by Gasteiger charge is 2.41. The number of nitrogens with zero attached hydrogens (tertiary/aromatic N) is 1. The highest BCUT2D eigenvalue weighted by Crippen LogP contribution is 2.34. The first-order chi connectivity index (χ1) is 5.31. The van der Waals surface area contributed by atoms with Crippen molar-refractivity contribution in [1.82, 2.24) is 4.90 Å². The van der Waals surface area contributed by atoms with Crippen LogP contribution in [0.1, 0.15) is 13.3 Å². The van der Waals surface area contributed by atoms with Crippen LogP contribution >= 0.6 is 0 Å². The number of rotatable bonds is 1. The lowest BCUT2D eigenvalue weighted by Gasteiger charge is -2.13. The smallest absolute Gasteiger partial charge is 0.0745 e. The van der Waals surface area contributed by atoms with E-state index in [1.165, 1.54) is 13.0 Å². The van der Waals surface area contributed by atoms with Gasteiger partial charge in [-0.2, -0.15) is 0 Å². The van der Waals surface area contributed by atoms with Crippen LogP contribution in [0.15, 0.2) is 0 Å². The van der Waals surface area contributed by atoms with Crippen molar-refractivity contribution in [1.29, 1.82) is 0 Å². The summed E-state index contributed by atoms with van der Waals surface area (Å²) in [6.07, 6.45) is 1.85. The molecule has 0 amide bonds. The second-order valence-electron chi connectivity index (χ2n) is 3.93. The van der Waals surface area contributed by atoms with Crippen LogP contribution in [-0.2, 0) is 4.74 Å². The molecule has 2 heteroatoms. The van der Waals surface area contributed by atoms with Gasteiger partial charge in [0, 0.05) is 19.0 Å². The van der Waals surface area contributed by atoms with E-state index in [4.69, 9.17) is 4.74 Å². The van der Waals surface area contributed by atoms with Gasteiger partial charge < -0.3 is 9.64 Å². The Hall–Kier alpha value is -0.0800.